The van der Waals surface area contributed by atoms with Gasteiger partial charge in [-0.2, -0.15) is 0 Å². The summed E-state index contributed by atoms with van der Waals surface area (Å²) in [6.45, 7) is 2.20. The number of nitrogens with zero attached hydrogens (tertiary/aromatic N) is 1. The Morgan fingerprint density at radius 2 is 1.72 bits per heavy atom. The number of phenolic OH excluding ortho intramolecular Hbond substituents is 1. The summed E-state index contributed by atoms with van der Waals surface area (Å²) in [5, 5.41) is 11.4. The Kier molecular flexibility index (Phi) is 5.74. The predicted molar refractivity (Wildman–Crippen MR) is 90.9 cm³/mol. The van der Waals surface area contributed by atoms with E-state index in [9.17, 15) is 18.3 Å². The van der Waals surface area contributed by atoms with Crippen molar-refractivity contribution in [3.63, 3.8) is 0 Å². The lowest BCUT2D eigenvalue weighted by molar-refractivity contribution is 0.320. The molecule has 2 aromatic carbocycles. The summed E-state index contributed by atoms with van der Waals surface area (Å²) in [4.78, 5) is 4.06. The maximum absolute atomic E-state index is 13.4. The Labute approximate surface area is 148 Å². The summed E-state index contributed by atoms with van der Waals surface area (Å²) in [6, 6.07) is 5.27. The molecule has 0 atom stereocenters. The highest BCUT2D eigenvalue weighted by Gasteiger charge is 2.14. The monoisotopic (exact) mass is 369 g/mol. The van der Waals surface area contributed by atoms with Gasteiger partial charge in [-0.1, -0.05) is 6.07 Å². The zero-order valence-corrected chi connectivity index (χ0v) is 14.0. The van der Waals surface area contributed by atoms with Gasteiger partial charge in [0.15, 0.2) is 29.0 Å². The number of aromatic nitrogens is 1. The zero-order chi connectivity index (χ0) is 17.3. The summed E-state index contributed by atoms with van der Waals surface area (Å²) in [6.07, 6.45) is 3.18. The zero-order valence-electron chi connectivity index (χ0n) is 13.2. The molecule has 0 bridgehead atoms. The minimum atomic E-state index is -1.49. The summed E-state index contributed by atoms with van der Waals surface area (Å²) in [5.74, 6) is -3.67. The maximum Gasteiger partial charge on any atom is 0.194 e. The average Bonchev–Trinajstić information content (AvgIpc) is 2.56. The van der Waals surface area contributed by atoms with E-state index in [1.807, 2.05) is 0 Å². The minimum absolute atomic E-state index is 0. The van der Waals surface area contributed by atoms with Crippen LogP contribution in [0.15, 0.2) is 36.7 Å². The van der Waals surface area contributed by atoms with Crippen LogP contribution in [0.4, 0.5) is 13.2 Å². The summed E-state index contributed by atoms with van der Waals surface area (Å²) >= 11 is 0. The van der Waals surface area contributed by atoms with Gasteiger partial charge in [-0.15, -0.1) is 12.4 Å². The van der Waals surface area contributed by atoms with Crippen LogP contribution in [0.2, 0.25) is 0 Å². The molecule has 0 aliphatic rings. The number of aromatic hydroxyl groups is 1. The first-order valence-corrected chi connectivity index (χ1v) is 7.36. The quantitative estimate of drug-likeness (QED) is 0.674. The molecule has 7 heteroatoms. The van der Waals surface area contributed by atoms with E-state index in [2.05, 4.69) is 4.98 Å². The van der Waals surface area contributed by atoms with Crippen molar-refractivity contribution in [2.75, 3.05) is 6.61 Å². The molecule has 0 radical (unpaired) electrons. The van der Waals surface area contributed by atoms with Crippen LogP contribution in [0.3, 0.4) is 0 Å². The van der Waals surface area contributed by atoms with Crippen molar-refractivity contribution in [3.8, 4) is 11.5 Å². The van der Waals surface area contributed by atoms with E-state index >= 15 is 0 Å². The molecule has 132 valence electrons. The van der Waals surface area contributed by atoms with Crippen molar-refractivity contribution < 1.29 is 23.0 Å². The van der Waals surface area contributed by atoms with E-state index in [1.54, 1.807) is 25.3 Å². The molecule has 1 aromatic heterocycles. The minimum Gasteiger partial charge on any atom is -0.504 e. The van der Waals surface area contributed by atoms with Gasteiger partial charge < -0.3 is 9.84 Å². The van der Waals surface area contributed by atoms with Gasteiger partial charge in [0, 0.05) is 17.8 Å². The first-order chi connectivity index (χ1) is 11.5. The number of hydrogen-bond donors (Lipinski definition) is 1. The molecule has 0 spiro atoms. The Bertz CT molecular complexity index is 895. The standard InChI is InChI=1S/C18H14F3NO2.ClH/c1-2-24-16-4-3-12-11(8-22-9-13(12)18(16)23)5-10-6-14(19)17(21)15(20)7-10;/h3-4,6-9,23H,2,5H2,1H3;1H. The van der Waals surface area contributed by atoms with Crippen molar-refractivity contribution in [1.82, 2.24) is 4.98 Å². The Balaban J connectivity index is 0.00000225. The van der Waals surface area contributed by atoms with Crippen LogP contribution in [0.25, 0.3) is 10.8 Å². The van der Waals surface area contributed by atoms with Gasteiger partial charge in [-0.3, -0.25) is 4.98 Å². The van der Waals surface area contributed by atoms with E-state index in [0.717, 1.165) is 12.1 Å². The van der Waals surface area contributed by atoms with Crippen molar-refractivity contribution in [2.24, 2.45) is 0 Å². The number of phenols is 1. The average molecular weight is 370 g/mol. The molecular formula is C18H15ClF3NO2. The molecular weight excluding hydrogens is 355 g/mol. The van der Waals surface area contributed by atoms with Gasteiger partial charge in [0.25, 0.3) is 0 Å². The van der Waals surface area contributed by atoms with Gasteiger partial charge in [-0.05, 0) is 48.1 Å². The molecule has 1 N–H and O–H groups in total. The van der Waals surface area contributed by atoms with Crippen LogP contribution in [0.5, 0.6) is 11.5 Å². The molecule has 0 unspecified atom stereocenters. The number of benzene rings is 2. The van der Waals surface area contributed by atoms with Crippen LogP contribution in [-0.2, 0) is 6.42 Å². The fourth-order valence-electron chi connectivity index (χ4n) is 2.61. The molecule has 0 amide bonds. The first kappa shape index (κ1) is 18.9. The molecule has 3 nitrogen and oxygen atoms in total. The highest BCUT2D eigenvalue weighted by molar-refractivity contribution is 5.92. The van der Waals surface area contributed by atoms with Gasteiger partial charge in [0.2, 0.25) is 0 Å². The smallest absolute Gasteiger partial charge is 0.194 e. The Morgan fingerprint density at radius 1 is 1.04 bits per heavy atom. The van der Waals surface area contributed by atoms with Gasteiger partial charge in [0.1, 0.15) is 0 Å². The van der Waals surface area contributed by atoms with Crippen molar-refractivity contribution in [1.29, 1.82) is 0 Å². The molecule has 0 saturated heterocycles. The third-order valence-electron chi connectivity index (χ3n) is 3.70. The number of ether oxygens (including phenoxy) is 1. The number of rotatable bonds is 4. The normalized spacial score (nSPS) is 10.6. The van der Waals surface area contributed by atoms with E-state index in [4.69, 9.17) is 4.74 Å². The number of halogens is 4. The highest BCUT2D eigenvalue weighted by atomic mass is 35.5. The van der Waals surface area contributed by atoms with Crippen molar-refractivity contribution in [2.45, 2.75) is 13.3 Å². The molecule has 1 heterocycles. The lowest BCUT2D eigenvalue weighted by Gasteiger charge is -2.11. The van der Waals surface area contributed by atoms with Crippen LogP contribution in [0, 0.1) is 17.5 Å². The molecule has 3 rings (SSSR count). The molecule has 25 heavy (non-hydrogen) atoms. The SMILES string of the molecule is CCOc1ccc2c(Cc3cc(F)c(F)c(F)c3)cncc2c1O.Cl. The van der Waals surface area contributed by atoms with Gasteiger partial charge in [0.05, 0.1) is 6.61 Å². The van der Waals surface area contributed by atoms with Gasteiger partial charge in [-0.25, -0.2) is 13.2 Å². The molecule has 3 aromatic rings. The van der Waals surface area contributed by atoms with E-state index in [1.165, 1.54) is 6.20 Å². The van der Waals surface area contributed by atoms with Crippen molar-refractivity contribution >= 4 is 23.2 Å². The first-order valence-electron chi connectivity index (χ1n) is 7.36. The van der Waals surface area contributed by atoms with E-state index < -0.39 is 17.5 Å². The second-order valence-corrected chi connectivity index (χ2v) is 5.29. The summed E-state index contributed by atoms with van der Waals surface area (Å²) in [7, 11) is 0. The molecule has 0 aliphatic carbocycles. The summed E-state index contributed by atoms with van der Waals surface area (Å²) in [5.41, 5.74) is 0.922. The van der Waals surface area contributed by atoms with E-state index in [-0.39, 0.29) is 30.1 Å². The fraction of sp³-hybridized carbons (Fsp3) is 0.167. The topological polar surface area (TPSA) is 42.4 Å². The lowest BCUT2D eigenvalue weighted by atomic mass is 10.00. The Hall–Kier alpha value is -2.47. The number of pyridine rings is 1. The van der Waals surface area contributed by atoms with Gasteiger partial charge >= 0.3 is 0 Å². The third-order valence-corrected chi connectivity index (χ3v) is 3.70. The second-order valence-electron chi connectivity index (χ2n) is 5.29. The molecule has 0 aliphatic heterocycles. The third kappa shape index (κ3) is 3.64. The fourth-order valence-corrected chi connectivity index (χ4v) is 2.61. The molecule has 0 saturated carbocycles. The van der Waals surface area contributed by atoms with Crippen LogP contribution < -0.4 is 4.74 Å². The second kappa shape index (κ2) is 7.61. The molecule has 0 fully saturated rings. The predicted octanol–water partition coefficient (Wildman–Crippen LogP) is 4.77. The largest absolute Gasteiger partial charge is 0.504 e. The van der Waals surface area contributed by atoms with E-state index in [0.29, 0.717) is 28.7 Å². The maximum atomic E-state index is 13.4. The van der Waals surface area contributed by atoms with Crippen LogP contribution in [-0.4, -0.2) is 16.7 Å². The lowest BCUT2D eigenvalue weighted by Crippen LogP contribution is -1.98. The number of hydrogen-bond acceptors (Lipinski definition) is 3. The Morgan fingerprint density at radius 3 is 2.36 bits per heavy atom. The van der Waals surface area contributed by atoms with Crippen LogP contribution in [0.1, 0.15) is 18.1 Å². The van der Waals surface area contributed by atoms with Crippen molar-refractivity contribution in [3.05, 3.63) is 65.2 Å². The van der Waals surface area contributed by atoms with Crippen LogP contribution >= 0.6 is 12.4 Å². The summed E-state index contributed by atoms with van der Waals surface area (Å²) < 4.78 is 45.1. The number of fused-ring (bicyclic) bond motifs is 1. The highest BCUT2D eigenvalue weighted by Crippen LogP contribution is 2.35.